The molecule has 0 heterocycles. The first-order valence-electron chi connectivity index (χ1n) is 14.7. The van der Waals surface area contributed by atoms with Crippen molar-refractivity contribution >= 4 is 5.91 Å². The van der Waals surface area contributed by atoms with Gasteiger partial charge >= 0.3 is 0 Å². The Labute approximate surface area is 202 Å². The Hall–Kier alpha value is -0.570. The summed E-state index contributed by atoms with van der Waals surface area (Å²) in [4.78, 5) is 15.0. The highest BCUT2D eigenvalue weighted by Gasteiger charge is 2.17. The monoisotopic (exact) mass is 452 g/mol. The Morgan fingerprint density at radius 2 is 0.938 bits per heavy atom. The summed E-state index contributed by atoms with van der Waals surface area (Å²) in [5.41, 5.74) is 0. The number of amides is 1. The van der Waals surface area contributed by atoms with Crippen molar-refractivity contribution in [2.75, 3.05) is 13.1 Å². The van der Waals surface area contributed by atoms with Gasteiger partial charge < -0.3 is 5.32 Å². The molecule has 0 aromatic rings. The fraction of sp³-hybridized carbons (Fsp3) is 0.966. The fourth-order valence-corrected chi connectivity index (χ4v) is 4.51. The van der Waals surface area contributed by atoms with Gasteiger partial charge in [0.05, 0.1) is 6.17 Å². The normalized spacial score (nSPS) is 12.4. The number of nitrogens with one attached hydrogen (secondary N) is 1. The topological polar surface area (TPSA) is 32.3 Å². The third-order valence-electron chi connectivity index (χ3n) is 6.76. The lowest BCUT2D eigenvalue weighted by molar-refractivity contribution is -0.123. The molecule has 0 aliphatic heterocycles. The smallest absolute Gasteiger partial charge is 0.221 e. The van der Waals surface area contributed by atoms with Gasteiger partial charge in [-0.05, 0) is 25.7 Å². The van der Waals surface area contributed by atoms with Crippen molar-refractivity contribution in [3.63, 3.8) is 0 Å². The summed E-state index contributed by atoms with van der Waals surface area (Å²) in [6.07, 6.45) is 27.3. The third kappa shape index (κ3) is 20.1. The van der Waals surface area contributed by atoms with Gasteiger partial charge in [-0.3, -0.25) is 9.69 Å². The van der Waals surface area contributed by atoms with E-state index in [-0.39, 0.29) is 12.1 Å². The van der Waals surface area contributed by atoms with Crippen LogP contribution in [0.25, 0.3) is 0 Å². The molecular formula is C29H60N2O. The Kier molecular flexibility index (Phi) is 24.6. The number of carbonyl (C=O) groups is 1. The summed E-state index contributed by atoms with van der Waals surface area (Å²) in [6, 6.07) is 0. The maximum Gasteiger partial charge on any atom is 0.221 e. The van der Waals surface area contributed by atoms with Crippen LogP contribution in [0.3, 0.4) is 0 Å². The Balaban J connectivity index is 3.66. The number of rotatable bonds is 25. The van der Waals surface area contributed by atoms with Crippen LogP contribution in [0.2, 0.25) is 0 Å². The van der Waals surface area contributed by atoms with Crippen molar-refractivity contribution in [2.45, 2.75) is 169 Å². The number of nitrogens with zero attached hydrogens (tertiary/aromatic N) is 1. The minimum atomic E-state index is 0.219. The van der Waals surface area contributed by atoms with E-state index in [0.717, 1.165) is 25.9 Å². The highest BCUT2D eigenvalue weighted by molar-refractivity contribution is 5.76. The average molecular weight is 453 g/mol. The van der Waals surface area contributed by atoms with E-state index in [1.165, 1.54) is 116 Å². The van der Waals surface area contributed by atoms with Crippen molar-refractivity contribution in [1.82, 2.24) is 10.2 Å². The second-order valence-corrected chi connectivity index (χ2v) is 9.93. The zero-order chi connectivity index (χ0) is 23.7. The molecule has 0 spiro atoms. The molecule has 0 aromatic carbocycles. The molecule has 0 aliphatic rings. The minimum absolute atomic E-state index is 0.219. The van der Waals surface area contributed by atoms with E-state index < -0.39 is 0 Å². The van der Waals surface area contributed by atoms with Gasteiger partial charge in [-0.1, -0.05) is 130 Å². The largest absolute Gasteiger partial charge is 0.341 e. The van der Waals surface area contributed by atoms with Crippen LogP contribution in [0.5, 0.6) is 0 Å². The molecule has 3 nitrogen and oxygen atoms in total. The number of hydrogen-bond donors (Lipinski definition) is 1. The molecule has 0 aromatic heterocycles. The van der Waals surface area contributed by atoms with Gasteiger partial charge in [0.1, 0.15) is 0 Å². The van der Waals surface area contributed by atoms with Crippen LogP contribution < -0.4 is 5.32 Å². The van der Waals surface area contributed by atoms with Gasteiger partial charge in [-0.25, -0.2) is 0 Å². The predicted octanol–water partition coefficient (Wildman–Crippen LogP) is 9.00. The van der Waals surface area contributed by atoms with Crippen molar-refractivity contribution in [2.24, 2.45) is 0 Å². The average Bonchev–Trinajstić information content (AvgIpc) is 2.80. The molecular weight excluding hydrogens is 392 g/mol. The van der Waals surface area contributed by atoms with Crippen LogP contribution in [0, 0.1) is 0 Å². The van der Waals surface area contributed by atoms with Crippen LogP contribution in [0.15, 0.2) is 0 Å². The maximum absolute atomic E-state index is 12.5. The first-order chi connectivity index (χ1) is 15.7. The van der Waals surface area contributed by atoms with Gasteiger partial charge in [0.15, 0.2) is 0 Å². The Bertz CT molecular complexity index is 377. The van der Waals surface area contributed by atoms with Gasteiger partial charge in [-0.15, -0.1) is 0 Å². The Morgan fingerprint density at radius 3 is 1.31 bits per heavy atom. The fourth-order valence-electron chi connectivity index (χ4n) is 4.51. The third-order valence-corrected chi connectivity index (χ3v) is 6.76. The SMILES string of the molecule is CCCCCCCCCCCCCCCCCC(=O)NC(CC)N(CCCC)CCCC. The van der Waals surface area contributed by atoms with E-state index >= 15 is 0 Å². The predicted molar refractivity (Wildman–Crippen MR) is 143 cm³/mol. The van der Waals surface area contributed by atoms with Gasteiger partial charge in [0.2, 0.25) is 5.91 Å². The summed E-state index contributed by atoms with van der Waals surface area (Å²) < 4.78 is 0. The molecule has 0 fully saturated rings. The number of carbonyl (C=O) groups excluding carboxylic acids is 1. The molecule has 3 heteroatoms. The standard InChI is InChI=1S/C29H60N2O/c1-5-9-12-13-14-15-16-17-18-19-20-21-22-23-24-25-29(32)30-28(8-4)31(26-10-6-2)27-11-7-3/h28H,5-27H2,1-4H3,(H,30,32). The number of unbranched alkanes of at least 4 members (excludes halogenated alkanes) is 16. The van der Waals surface area contributed by atoms with Gasteiger partial charge in [-0.2, -0.15) is 0 Å². The molecule has 0 saturated heterocycles. The van der Waals surface area contributed by atoms with E-state index in [1.54, 1.807) is 0 Å². The minimum Gasteiger partial charge on any atom is -0.341 e. The molecule has 1 unspecified atom stereocenters. The number of hydrogen-bond acceptors (Lipinski definition) is 2. The maximum atomic E-state index is 12.5. The van der Waals surface area contributed by atoms with Crippen LogP contribution in [-0.2, 0) is 4.79 Å². The highest BCUT2D eigenvalue weighted by Crippen LogP contribution is 2.14. The van der Waals surface area contributed by atoms with Crippen LogP contribution in [-0.4, -0.2) is 30.1 Å². The van der Waals surface area contributed by atoms with E-state index in [1.807, 2.05) is 0 Å². The summed E-state index contributed by atoms with van der Waals surface area (Å²) in [7, 11) is 0. The first kappa shape index (κ1) is 31.4. The first-order valence-corrected chi connectivity index (χ1v) is 14.7. The highest BCUT2D eigenvalue weighted by atomic mass is 16.1. The van der Waals surface area contributed by atoms with Gasteiger partial charge in [0, 0.05) is 19.5 Å². The molecule has 1 N–H and O–H groups in total. The van der Waals surface area contributed by atoms with E-state index in [0.29, 0.717) is 6.42 Å². The lowest BCUT2D eigenvalue weighted by atomic mass is 10.0. The molecule has 1 atom stereocenters. The molecule has 0 rings (SSSR count). The second kappa shape index (κ2) is 25.1. The van der Waals surface area contributed by atoms with Crippen molar-refractivity contribution in [1.29, 1.82) is 0 Å². The summed E-state index contributed by atoms with van der Waals surface area (Å²) in [5, 5.41) is 3.32. The summed E-state index contributed by atoms with van der Waals surface area (Å²) in [6.45, 7) is 11.2. The molecule has 192 valence electrons. The Morgan fingerprint density at radius 1 is 0.562 bits per heavy atom. The lowest BCUT2D eigenvalue weighted by Crippen LogP contribution is -2.48. The zero-order valence-corrected chi connectivity index (χ0v) is 22.7. The summed E-state index contributed by atoms with van der Waals surface area (Å²) in [5.74, 6) is 0.254. The molecule has 0 radical (unpaired) electrons. The molecule has 0 bridgehead atoms. The molecule has 0 saturated carbocycles. The van der Waals surface area contributed by atoms with Crippen molar-refractivity contribution < 1.29 is 4.79 Å². The van der Waals surface area contributed by atoms with Gasteiger partial charge in [0.25, 0.3) is 0 Å². The van der Waals surface area contributed by atoms with Crippen LogP contribution in [0.1, 0.15) is 163 Å². The molecule has 0 aliphatic carbocycles. The van der Waals surface area contributed by atoms with Crippen LogP contribution >= 0.6 is 0 Å². The second-order valence-electron chi connectivity index (χ2n) is 9.93. The van der Waals surface area contributed by atoms with E-state index in [9.17, 15) is 4.79 Å². The van der Waals surface area contributed by atoms with E-state index in [4.69, 9.17) is 0 Å². The summed E-state index contributed by atoms with van der Waals surface area (Å²) >= 11 is 0. The quantitative estimate of drug-likeness (QED) is 0.111. The van der Waals surface area contributed by atoms with E-state index in [2.05, 4.69) is 37.9 Å². The lowest BCUT2D eigenvalue weighted by Gasteiger charge is -2.31. The van der Waals surface area contributed by atoms with Crippen molar-refractivity contribution in [3.8, 4) is 0 Å². The zero-order valence-electron chi connectivity index (χ0n) is 22.7. The van der Waals surface area contributed by atoms with Crippen molar-refractivity contribution in [3.05, 3.63) is 0 Å². The molecule has 1 amide bonds. The molecule has 32 heavy (non-hydrogen) atoms. The van der Waals surface area contributed by atoms with Crippen LogP contribution in [0.4, 0.5) is 0 Å².